The van der Waals surface area contributed by atoms with E-state index in [0.29, 0.717) is 0 Å². The van der Waals surface area contributed by atoms with Crippen LogP contribution in [0.15, 0.2) is 12.3 Å². The molecule has 1 aliphatic rings. The van der Waals surface area contributed by atoms with Gasteiger partial charge < -0.3 is 25.0 Å². The topological polar surface area (TPSA) is 90.6 Å². The van der Waals surface area contributed by atoms with Crippen LogP contribution < -0.4 is 0 Å². The van der Waals surface area contributed by atoms with Gasteiger partial charge >= 0.3 is 0 Å². The lowest BCUT2D eigenvalue weighted by atomic mass is 9.94. The monoisotopic (exact) mass is 326 g/mol. The van der Waals surface area contributed by atoms with E-state index in [4.69, 9.17) is 34.3 Å². The quantitative estimate of drug-likeness (QED) is 0.606. The number of aliphatic hydroxyl groups excluding tert-OH is 2. The summed E-state index contributed by atoms with van der Waals surface area (Å²) >= 11 is 9.77. The average molecular weight is 326 g/mol. The normalized spacial score (nSPS) is 37.2. The average Bonchev–Trinajstić information content (AvgIpc) is 2.62. The van der Waals surface area contributed by atoms with Crippen LogP contribution in [0.5, 0.6) is 0 Å². The molecule has 0 saturated carbocycles. The van der Waals surface area contributed by atoms with Crippen molar-refractivity contribution in [2.24, 2.45) is 0 Å². The second kappa shape index (κ2) is 5.20. The number of alkyl halides is 2. The third-order valence-corrected chi connectivity index (χ3v) is 3.70. The van der Waals surface area contributed by atoms with E-state index in [2.05, 4.69) is 4.98 Å². The summed E-state index contributed by atoms with van der Waals surface area (Å²) in [4.78, 5) is 2.55. The molecule has 1 aromatic rings. The largest absolute Gasteiger partial charge is 0.390 e. The molecule has 2 rings (SSSR count). The first-order chi connectivity index (χ1) is 9.28. The van der Waals surface area contributed by atoms with Gasteiger partial charge in [0.05, 0.1) is 0 Å². The molecular weight excluding hydrogens is 314 g/mol. The van der Waals surface area contributed by atoms with Gasteiger partial charge in [-0.1, -0.05) is 12.2 Å². The Bertz CT molecular complexity index is 624. The van der Waals surface area contributed by atoms with Crippen LogP contribution in [0.2, 0.25) is 0 Å². The van der Waals surface area contributed by atoms with Crippen LogP contribution in [0.25, 0.3) is 0 Å². The van der Waals surface area contributed by atoms with Gasteiger partial charge in [0.2, 0.25) is 0 Å². The molecule has 4 atom stereocenters. The molecule has 0 spiro atoms. The summed E-state index contributed by atoms with van der Waals surface area (Å²) in [5.74, 6) is -2.99. The van der Waals surface area contributed by atoms with E-state index in [1.54, 1.807) is 0 Å². The molecule has 0 aromatic carbocycles. The van der Waals surface area contributed by atoms with Gasteiger partial charge in [0, 0.05) is 6.20 Å². The van der Waals surface area contributed by atoms with Crippen LogP contribution >= 0.6 is 24.4 Å². The fourth-order valence-corrected chi connectivity index (χ4v) is 2.52. The standard InChI is InChI=1S/C10H12F2N2O4S2/c11-3-9(17)6(16)10(12,4-15)18-7(9)14-2-1-5(19)13-8(14)20/h1-2,6-7,15-17H,3-4H2,(H,13,19,20)/t6?,7-,9-,10-/m1/s1. The van der Waals surface area contributed by atoms with E-state index in [0.717, 1.165) is 4.57 Å². The number of aromatic amines is 1. The minimum Gasteiger partial charge on any atom is -0.390 e. The SMILES string of the molecule is OC[C@@]1(F)O[C@@H](n2ccc(=S)[nH]c2=S)[C@@](O)(CF)C1O. The summed E-state index contributed by atoms with van der Waals surface area (Å²) in [6.45, 7) is -2.75. The Kier molecular flexibility index (Phi) is 4.06. The van der Waals surface area contributed by atoms with Crippen molar-refractivity contribution in [1.29, 1.82) is 0 Å². The van der Waals surface area contributed by atoms with Crippen molar-refractivity contribution in [3.8, 4) is 0 Å². The summed E-state index contributed by atoms with van der Waals surface area (Å²) in [6, 6.07) is 1.37. The lowest BCUT2D eigenvalue weighted by Gasteiger charge is -2.29. The minimum absolute atomic E-state index is 0.0521. The molecule has 1 fully saturated rings. The Hall–Kier alpha value is -0.780. The van der Waals surface area contributed by atoms with Crippen LogP contribution in [0.3, 0.4) is 0 Å². The van der Waals surface area contributed by atoms with Crippen molar-refractivity contribution < 1.29 is 28.8 Å². The predicted molar refractivity (Wildman–Crippen MR) is 68.4 cm³/mol. The molecule has 112 valence electrons. The highest BCUT2D eigenvalue weighted by Crippen LogP contribution is 2.45. The van der Waals surface area contributed by atoms with E-state index >= 15 is 0 Å². The summed E-state index contributed by atoms with van der Waals surface area (Å²) in [6.07, 6.45) is -2.67. The van der Waals surface area contributed by atoms with E-state index in [9.17, 15) is 19.0 Å². The number of nitrogens with one attached hydrogen (secondary N) is 1. The molecule has 10 heteroatoms. The van der Waals surface area contributed by atoms with Crippen LogP contribution in [0.4, 0.5) is 8.78 Å². The fourth-order valence-electron chi connectivity index (χ4n) is 2.03. The van der Waals surface area contributed by atoms with Crippen molar-refractivity contribution in [2.75, 3.05) is 13.3 Å². The molecule has 4 N–H and O–H groups in total. The smallest absolute Gasteiger partial charge is 0.263 e. The van der Waals surface area contributed by atoms with Gasteiger partial charge in [-0.15, -0.1) is 0 Å². The third kappa shape index (κ3) is 2.22. The Morgan fingerprint density at radius 1 is 1.50 bits per heavy atom. The van der Waals surface area contributed by atoms with E-state index < -0.39 is 37.1 Å². The van der Waals surface area contributed by atoms with Gasteiger partial charge in [-0.25, -0.2) is 8.78 Å². The molecule has 0 radical (unpaired) electrons. The summed E-state index contributed by atoms with van der Waals surface area (Å²) < 4.78 is 33.3. The minimum atomic E-state index is -2.99. The summed E-state index contributed by atoms with van der Waals surface area (Å²) in [7, 11) is 0. The van der Waals surface area contributed by atoms with Gasteiger partial charge in [-0.3, -0.25) is 4.57 Å². The molecule has 0 bridgehead atoms. The van der Waals surface area contributed by atoms with Gasteiger partial charge in [-0.05, 0) is 18.3 Å². The first-order valence-electron chi connectivity index (χ1n) is 5.54. The molecule has 1 aromatic heterocycles. The number of hydrogen-bond acceptors (Lipinski definition) is 6. The number of nitrogens with zero attached hydrogens (tertiary/aromatic N) is 1. The zero-order valence-corrected chi connectivity index (χ0v) is 11.6. The highest BCUT2D eigenvalue weighted by atomic mass is 32.1. The molecule has 20 heavy (non-hydrogen) atoms. The summed E-state index contributed by atoms with van der Waals surface area (Å²) in [5, 5.41) is 28.8. The van der Waals surface area contributed by atoms with Gasteiger partial charge in [0.1, 0.15) is 17.9 Å². The Morgan fingerprint density at radius 2 is 2.15 bits per heavy atom. The number of hydrogen-bond donors (Lipinski definition) is 4. The van der Waals surface area contributed by atoms with Crippen molar-refractivity contribution in [2.45, 2.75) is 23.8 Å². The second-order valence-corrected chi connectivity index (χ2v) is 5.29. The van der Waals surface area contributed by atoms with E-state index in [1.807, 2.05) is 0 Å². The molecular formula is C10H12F2N2O4S2. The van der Waals surface area contributed by atoms with Gasteiger partial charge in [0.25, 0.3) is 5.85 Å². The predicted octanol–water partition coefficient (Wildman–Crippen LogP) is 0.524. The summed E-state index contributed by atoms with van der Waals surface area (Å²) in [5.41, 5.74) is -2.59. The van der Waals surface area contributed by atoms with E-state index in [1.165, 1.54) is 12.3 Å². The van der Waals surface area contributed by atoms with Crippen LogP contribution in [-0.2, 0) is 4.74 Å². The second-order valence-electron chi connectivity index (χ2n) is 4.46. The highest BCUT2D eigenvalue weighted by Gasteiger charge is 2.65. The van der Waals surface area contributed by atoms with Crippen LogP contribution in [0.1, 0.15) is 6.23 Å². The Balaban J connectivity index is 2.55. The maximum Gasteiger partial charge on any atom is 0.263 e. The maximum atomic E-state index is 14.1. The lowest BCUT2D eigenvalue weighted by molar-refractivity contribution is -0.207. The number of rotatable bonds is 3. The first-order valence-corrected chi connectivity index (χ1v) is 6.35. The zero-order valence-electron chi connectivity index (χ0n) is 9.99. The third-order valence-electron chi connectivity index (χ3n) is 3.15. The molecule has 2 heterocycles. The number of aromatic nitrogens is 2. The number of aliphatic hydroxyl groups is 3. The maximum absolute atomic E-state index is 14.1. The van der Waals surface area contributed by atoms with Crippen LogP contribution in [0, 0.1) is 9.41 Å². The van der Waals surface area contributed by atoms with Gasteiger partial charge in [-0.2, -0.15) is 0 Å². The molecule has 6 nitrogen and oxygen atoms in total. The Morgan fingerprint density at radius 3 is 2.65 bits per heavy atom. The number of H-pyrrole nitrogens is 1. The molecule has 1 aliphatic heterocycles. The van der Waals surface area contributed by atoms with Crippen molar-refractivity contribution in [1.82, 2.24) is 9.55 Å². The Labute approximate surface area is 122 Å². The van der Waals surface area contributed by atoms with Crippen LogP contribution in [-0.4, -0.2) is 55.7 Å². The number of halogens is 2. The molecule has 1 saturated heterocycles. The molecule has 1 unspecified atom stereocenters. The lowest BCUT2D eigenvalue weighted by Crippen LogP contribution is -2.52. The fraction of sp³-hybridized carbons (Fsp3) is 0.600. The molecule has 0 aliphatic carbocycles. The first kappa shape index (κ1) is 15.6. The van der Waals surface area contributed by atoms with Crippen molar-refractivity contribution in [3.05, 3.63) is 21.7 Å². The number of ether oxygens (including phenoxy) is 1. The zero-order chi connectivity index (χ0) is 15.1. The van der Waals surface area contributed by atoms with Gasteiger partial charge in [0.15, 0.2) is 22.7 Å². The van der Waals surface area contributed by atoms with Crippen molar-refractivity contribution >= 4 is 24.4 Å². The van der Waals surface area contributed by atoms with Crippen molar-refractivity contribution in [3.63, 3.8) is 0 Å². The molecule has 0 amide bonds. The van der Waals surface area contributed by atoms with E-state index in [-0.39, 0.29) is 9.41 Å². The highest BCUT2D eigenvalue weighted by molar-refractivity contribution is 7.72.